The summed E-state index contributed by atoms with van der Waals surface area (Å²) >= 11 is 2.12. The lowest BCUT2D eigenvalue weighted by molar-refractivity contribution is -0.0589. The highest BCUT2D eigenvalue weighted by molar-refractivity contribution is 14.2. The van der Waals surface area contributed by atoms with E-state index in [4.69, 9.17) is 14.7 Å². The van der Waals surface area contributed by atoms with Crippen LogP contribution in [0.3, 0.4) is 0 Å². The summed E-state index contributed by atoms with van der Waals surface area (Å²) in [6.07, 6.45) is 4.95. The lowest BCUT2D eigenvalue weighted by atomic mass is 9.90. The molecule has 22 heavy (non-hydrogen) atoms. The Balaban J connectivity index is 2.67. The van der Waals surface area contributed by atoms with Crippen molar-refractivity contribution in [2.75, 3.05) is 0 Å². The molecule has 0 aromatic carbocycles. The van der Waals surface area contributed by atoms with Gasteiger partial charge >= 0.3 is 0 Å². The lowest BCUT2D eigenvalue weighted by Crippen LogP contribution is -2.23. The second-order valence-corrected chi connectivity index (χ2v) is 7.65. The highest BCUT2D eigenvalue weighted by atomic mass is 127. The molecule has 1 aliphatic rings. The molecule has 0 aromatic rings. The number of unbranched alkanes of at least 4 members (excludes halogenated alkanes) is 2. The summed E-state index contributed by atoms with van der Waals surface area (Å²) in [6.45, 7) is 2.27. The third-order valence-corrected chi connectivity index (χ3v) is 5.34. The molecule has 0 aromatic heterocycles. The molecule has 2 unspecified atom stereocenters. The van der Waals surface area contributed by atoms with E-state index in [1.165, 1.54) is 0 Å². The second-order valence-electron chi connectivity index (χ2n) is 5.94. The van der Waals surface area contributed by atoms with Gasteiger partial charge in [-0.05, 0) is 53.3 Å². The van der Waals surface area contributed by atoms with Crippen LogP contribution in [0.25, 0.3) is 0 Å². The van der Waals surface area contributed by atoms with E-state index in [2.05, 4.69) is 22.0 Å². The fraction of sp³-hybridized carbons (Fsp3) is 0.867. The Kier molecular flexibility index (Phi) is 9.87. The van der Waals surface area contributed by atoms with Crippen molar-refractivity contribution in [1.29, 1.82) is 0 Å². The average molecular weight is 450 g/mol. The molecule has 0 radical (unpaired) electrons. The number of allylic oxidation sites excluding steroid dienone is 1. The number of aliphatic hydroxyl groups is 2. The average Bonchev–Trinajstić information content (AvgIpc) is 2.79. The Hall–Kier alpha value is 0.640. The van der Waals surface area contributed by atoms with Crippen LogP contribution in [-0.4, -0.2) is 28.5 Å². The first-order valence-corrected chi connectivity index (χ1v) is 11.9. The highest BCUT2D eigenvalue weighted by Gasteiger charge is 2.37. The van der Waals surface area contributed by atoms with Gasteiger partial charge in [0.2, 0.25) is 0 Å². The van der Waals surface area contributed by atoms with Crippen molar-refractivity contribution in [3.8, 4) is 0 Å². The molecule has 7 heteroatoms. The molecular formula is C15H26F2IO3P. The zero-order chi connectivity index (χ0) is 16.6. The topological polar surface area (TPSA) is 49.7 Å². The molecule has 130 valence electrons. The maximum absolute atomic E-state index is 13.9. The van der Waals surface area contributed by atoms with Gasteiger partial charge in [0, 0.05) is 18.8 Å². The van der Waals surface area contributed by atoms with Crippen LogP contribution in [-0.2, 0) is 4.52 Å². The first-order chi connectivity index (χ1) is 10.4. The van der Waals surface area contributed by atoms with Gasteiger partial charge in [-0.15, -0.1) is 0 Å². The molecule has 3 nitrogen and oxygen atoms in total. The predicted octanol–water partition coefficient (Wildman–Crippen LogP) is 4.81. The Morgan fingerprint density at radius 1 is 1.36 bits per heavy atom. The Morgan fingerprint density at radius 3 is 2.68 bits per heavy atom. The Bertz CT molecular complexity index is 343. The van der Waals surface area contributed by atoms with Gasteiger partial charge in [-0.2, -0.15) is 0 Å². The molecule has 0 saturated heterocycles. The van der Waals surface area contributed by atoms with Crippen LogP contribution in [0.15, 0.2) is 12.2 Å². The molecular weight excluding hydrogens is 424 g/mol. The van der Waals surface area contributed by atoms with Crippen LogP contribution in [0, 0.1) is 11.8 Å². The van der Waals surface area contributed by atoms with E-state index in [0.717, 1.165) is 31.8 Å². The number of hydrogen-bond donors (Lipinski definition) is 2. The summed E-state index contributed by atoms with van der Waals surface area (Å²) in [5.74, 6) is -2.97. The van der Waals surface area contributed by atoms with Gasteiger partial charge in [0.1, 0.15) is 0 Å². The number of aliphatic hydroxyl groups excluding tert-OH is 1. The van der Waals surface area contributed by atoms with E-state index in [-0.39, 0.29) is 37.2 Å². The molecule has 1 rings (SSSR count). The summed E-state index contributed by atoms with van der Waals surface area (Å²) in [7, 11) is 0. The highest BCUT2D eigenvalue weighted by Crippen LogP contribution is 2.42. The number of alkyl halides is 2. The largest absolute Gasteiger partial charge is 0.368 e. The first-order valence-electron chi connectivity index (χ1n) is 7.84. The quantitative estimate of drug-likeness (QED) is 0.165. The van der Waals surface area contributed by atoms with Crippen molar-refractivity contribution in [1.82, 2.24) is 0 Å². The van der Waals surface area contributed by atoms with Crippen molar-refractivity contribution >= 4 is 28.5 Å². The molecule has 0 heterocycles. The zero-order valence-corrected chi connectivity index (χ0v) is 16.0. The van der Waals surface area contributed by atoms with Gasteiger partial charge in [-0.3, -0.25) is 0 Å². The Morgan fingerprint density at radius 2 is 2.09 bits per heavy atom. The van der Waals surface area contributed by atoms with E-state index in [1.807, 2.05) is 6.92 Å². The third-order valence-electron chi connectivity index (χ3n) is 4.18. The molecule has 1 saturated carbocycles. The summed E-state index contributed by atoms with van der Waals surface area (Å²) in [5.41, 5.74) is 0. The van der Waals surface area contributed by atoms with Gasteiger partial charge < -0.3 is 14.7 Å². The minimum absolute atomic E-state index is 0.0135. The standard InChI is InChI=1S/C15H26F2IO3P/c1-2-3-4-8-15(16,17)9-7-12-11(10-14(19)20)5-6-13(12)21-22-18/h7,9,11-14,19-20,22H,2-6,8,10H2,1H3/b9-7+/t11-,12?,13-/m1/s1. The summed E-state index contributed by atoms with van der Waals surface area (Å²) in [4.78, 5) is 0. The maximum atomic E-state index is 13.9. The fourth-order valence-corrected chi connectivity index (χ4v) is 4.40. The molecule has 2 N–H and O–H groups in total. The minimum Gasteiger partial charge on any atom is -0.368 e. The first kappa shape index (κ1) is 20.7. The van der Waals surface area contributed by atoms with Gasteiger partial charge in [-0.25, -0.2) is 8.78 Å². The van der Waals surface area contributed by atoms with Crippen LogP contribution in [0.2, 0.25) is 0 Å². The van der Waals surface area contributed by atoms with Crippen LogP contribution in [0.4, 0.5) is 8.78 Å². The van der Waals surface area contributed by atoms with E-state index >= 15 is 0 Å². The van der Waals surface area contributed by atoms with Gasteiger partial charge in [0.05, 0.1) is 12.6 Å². The van der Waals surface area contributed by atoms with Crippen LogP contribution in [0.1, 0.15) is 51.9 Å². The molecule has 0 amide bonds. The predicted molar refractivity (Wildman–Crippen MR) is 94.5 cm³/mol. The molecule has 1 aliphatic carbocycles. The normalized spacial score (nSPS) is 27.0. The zero-order valence-electron chi connectivity index (χ0n) is 12.9. The number of rotatable bonds is 10. The molecule has 0 spiro atoms. The van der Waals surface area contributed by atoms with E-state index in [1.54, 1.807) is 6.08 Å². The van der Waals surface area contributed by atoms with Crippen molar-refractivity contribution < 1.29 is 23.5 Å². The summed E-state index contributed by atoms with van der Waals surface area (Å²) < 4.78 is 33.4. The van der Waals surface area contributed by atoms with Crippen LogP contribution >= 0.6 is 28.5 Å². The fourth-order valence-electron chi connectivity index (χ4n) is 3.03. The van der Waals surface area contributed by atoms with Crippen molar-refractivity contribution in [3.63, 3.8) is 0 Å². The molecule has 0 aliphatic heterocycles. The van der Waals surface area contributed by atoms with Crippen molar-refractivity contribution in [3.05, 3.63) is 12.2 Å². The van der Waals surface area contributed by atoms with Gasteiger partial charge in [-0.1, -0.05) is 25.8 Å². The van der Waals surface area contributed by atoms with E-state index in [9.17, 15) is 8.78 Å². The minimum atomic E-state index is -2.79. The molecule has 1 fully saturated rings. The maximum Gasteiger partial charge on any atom is 0.266 e. The lowest BCUT2D eigenvalue weighted by Gasteiger charge is -2.23. The second kappa shape index (κ2) is 10.5. The number of halogens is 3. The smallest absolute Gasteiger partial charge is 0.266 e. The van der Waals surface area contributed by atoms with Gasteiger partial charge in [0.25, 0.3) is 5.92 Å². The monoisotopic (exact) mass is 450 g/mol. The number of hydrogen-bond acceptors (Lipinski definition) is 3. The summed E-state index contributed by atoms with van der Waals surface area (Å²) in [6, 6.07) is 0. The van der Waals surface area contributed by atoms with Gasteiger partial charge in [0.15, 0.2) is 6.29 Å². The van der Waals surface area contributed by atoms with Crippen LogP contribution < -0.4 is 0 Å². The third kappa shape index (κ3) is 7.47. The SMILES string of the molecule is CCCCCC(F)(F)/C=C/C1[C@@H](CC(O)O)CC[C@H]1OPI. The molecule has 4 atom stereocenters. The van der Waals surface area contributed by atoms with Crippen LogP contribution in [0.5, 0.6) is 0 Å². The van der Waals surface area contributed by atoms with E-state index in [0.29, 0.717) is 6.42 Å². The van der Waals surface area contributed by atoms with Crippen molar-refractivity contribution in [2.24, 2.45) is 11.8 Å². The van der Waals surface area contributed by atoms with E-state index < -0.39 is 12.2 Å². The Labute approximate surface area is 146 Å². The summed E-state index contributed by atoms with van der Waals surface area (Å²) in [5, 5.41) is 18.3. The molecule has 0 bridgehead atoms. The van der Waals surface area contributed by atoms with Crippen molar-refractivity contribution in [2.45, 2.75) is 70.2 Å².